The summed E-state index contributed by atoms with van der Waals surface area (Å²) >= 11 is 3.46. The van der Waals surface area contributed by atoms with E-state index in [9.17, 15) is 4.79 Å². The Kier molecular flexibility index (Phi) is 7.44. The van der Waals surface area contributed by atoms with E-state index in [1.54, 1.807) is 7.11 Å². The number of benzene rings is 1. The maximum atomic E-state index is 11.5. The van der Waals surface area contributed by atoms with Gasteiger partial charge >= 0.3 is 0 Å². The first-order valence-electron chi connectivity index (χ1n) is 5.80. The second-order valence-corrected chi connectivity index (χ2v) is 5.09. The van der Waals surface area contributed by atoms with Crippen LogP contribution < -0.4 is 10.1 Å². The summed E-state index contributed by atoms with van der Waals surface area (Å²) in [6, 6.07) is 9.28. The van der Waals surface area contributed by atoms with Gasteiger partial charge in [0.15, 0.2) is 6.61 Å². The van der Waals surface area contributed by atoms with E-state index in [2.05, 4.69) is 21.2 Å². The zero-order valence-electron chi connectivity index (χ0n) is 10.4. The largest absolute Gasteiger partial charge is 0.484 e. The molecular weight excluding hydrogens is 298 g/mol. The van der Waals surface area contributed by atoms with Crippen molar-refractivity contribution in [1.29, 1.82) is 0 Å². The van der Waals surface area contributed by atoms with Crippen molar-refractivity contribution in [2.75, 3.05) is 26.9 Å². The number of ether oxygens (including phenoxy) is 2. The highest BCUT2D eigenvalue weighted by atomic mass is 79.9. The van der Waals surface area contributed by atoms with Crippen molar-refractivity contribution in [2.45, 2.75) is 11.2 Å². The standard InChI is InChI=1S/C13H18BrNO3/c1-17-9-11(14)7-8-15-13(16)10-18-12-5-3-2-4-6-12/h2-6,11H,7-10H2,1H3,(H,15,16). The molecule has 0 aromatic heterocycles. The minimum atomic E-state index is -0.115. The number of rotatable bonds is 8. The third-order valence-electron chi connectivity index (χ3n) is 2.24. The van der Waals surface area contributed by atoms with Crippen LogP contribution >= 0.6 is 15.9 Å². The van der Waals surface area contributed by atoms with Crippen molar-refractivity contribution in [3.05, 3.63) is 30.3 Å². The summed E-state index contributed by atoms with van der Waals surface area (Å²) in [5, 5.41) is 2.79. The lowest BCUT2D eigenvalue weighted by Gasteiger charge is -2.10. The summed E-state index contributed by atoms with van der Waals surface area (Å²) < 4.78 is 10.3. The Balaban J connectivity index is 2.11. The fraction of sp³-hybridized carbons (Fsp3) is 0.462. The van der Waals surface area contributed by atoms with E-state index in [0.717, 1.165) is 6.42 Å². The molecule has 18 heavy (non-hydrogen) atoms. The Morgan fingerprint density at radius 2 is 2.11 bits per heavy atom. The van der Waals surface area contributed by atoms with Crippen LogP contribution in [0.2, 0.25) is 0 Å². The Morgan fingerprint density at radius 1 is 1.39 bits per heavy atom. The average Bonchev–Trinajstić information content (AvgIpc) is 2.38. The molecule has 1 aromatic carbocycles. The fourth-order valence-corrected chi connectivity index (χ4v) is 1.84. The molecule has 1 atom stereocenters. The molecule has 0 spiro atoms. The van der Waals surface area contributed by atoms with Gasteiger partial charge in [-0.1, -0.05) is 34.1 Å². The van der Waals surface area contributed by atoms with E-state index >= 15 is 0 Å². The Hall–Kier alpha value is -1.07. The Labute approximate surface area is 116 Å². The van der Waals surface area contributed by atoms with Crippen molar-refractivity contribution in [1.82, 2.24) is 5.32 Å². The third kappa shape index (κ3) is 6.61. The summed E-state index contributed by atoms with van der Waals surface area (Å²) in [6.07, 6.45) is 0.824. The number of alkyl halides is 1. The van der Waals surface area contributed by atoms with Gasteiger partial charge in [0.1, 0.15) is 5.75 Å². The van der Waals surface area contributed by atoms with Crippen molar-refractivity contribution in [3.63, 3.8) is 0 Å². The summed E-state index contributed by atoms with van der Waals surface area (Å²) in [4.78, 5) is 11.7. The van der Waals surface area contributed by atoms with E-state index < -0.39 is 0 Å². The monoisotopic (exact) mass is 315 g/mol. The number of carbonyl (C=O) groups excluding carboxylic acids is 1. The molecule has 1 aromatic rings. The maximum absolute atomic E-state index is 11.5. The third-order valence-corrected chi connectivity index (χ3v) is 2.96. The van der Waals surface area contributed by atoms with Gasteiger partial charge in [0, 0.05) is 18.5 Å². The van der Waals surface area contributed by atoms with Crippen LogP contribution in [0.4, 0.5) is 0 Å². The van der Waals surface area contributed by atoms with Gasteiger partial charge in [-0.25, -0.2) is 0 Å². The number of para-hydroxylation sites is 1. The Bertz CT molecular complexity index is 345. The first-order valence-corrected chi connectivity index (χ1v) is 6.71. The molecular formula is C13H18BrNO3. The molecule has 0 aliphatic carbocycles. The van der Waals surface area contributed by atoms with Crippen LogP contribution in [0, 0.1) is 0 Å². The zero-order valence-corrected chi connectivity index (χ0v) is 12.0. The minimum Gasteiger partial charge on any atom is -0.484 e. The molecule has 0 aliphatic rings. The summed E-state index contributed by atoms with van der Waals surface area (Å²) in [7, 11) is 1.65. The lowest BCUT2D eigenvalue weighted by atomic mass is 10.3. The SMILES string of the molecule is COCC(Br)CCNC(=O)COc1ccccc1. The molecule has 4 nitrogen and oxygen atoms in total. The highest BCUT2D eigenvalue weighted by molar-refractivity contribution is 9.09. The van der Waals surface area contributed by atoms with Crippen molar-refractivity contribution < 1.29 is 14.3 Å². The van der Waals surface area contributed by atoms with Gasteiger partial charge in [0.25, 0.3) is 5.91 Å². The van der Waals surface area contributed by atoms with Gasteiger partial charge in [0.05, 0.1) is 6.61 Å². The molecule has 0 aliphatic heterocycles. The van der Waals surface area contributed by atoms with Gasteiger partial charge in [-0.05, 0) is 18.6 Å². The molecule has 0 radical (unpaired) electrons. The molecule has 1 N–H and O–H groups in total. The van der Waals surface area contributed by atoms with E-state index in [-0.39, 0.29) is 17.3 Å². The molecule has 0 bridgehead atoms. The van der Waals surface area contributed by atoms with Gasteiger partial charge in [-0.3, -0.25) is 4.79 Å². The average molecular weight is 316 g/mol. The number of hydrogen-bond donors (Lipinski definition) is 1. The smallest absolute Gasteiger partial charge is 0.257 e. The van der Waals surface area contributed by atoms with Crippen molar-refractivity contribution in [2.24, 2.45) is 0 Å². The van der Waals surface area contributed by atoms with E-state index in [1.165, 1.54) is 0 Å². The van der Waals surface area contributed by atoms with Crippen LogP contribution in [0.25, 0.3) is 0 Å². The lowest BCUT2D eigenvalue weighted by molar-refractivity contribution is -0.123. The molecule has 1 unspecified atom stereocenters. The van der Waals surface area contributed by atoms with Gasteiger partial charge < -0.3 is 14.8 Å². The lowest BCUT2D eigenvalue weighted by Crippen LogP contribution is -2.31. The van der Waals surface area contributed by atoms with Crippen LogP contribution in [-0.4, -0.2) is 37.6 Å². The van der Waals surface area contributed by atoms with Gasteiger partial charge in [0.2, 0.25) is 0 Å². The second kappa shape index (κ2) is 8.94. The highest BCUT2D eigenvalue weighted by Gasteiger charge is 2.05. The molecule has 0 heterocycles. The van der Waals surface area contributed by atoms with Gasteiger partial charge in [-0.15, -0.1) is 0 Å². The number of nitrogens with one attached hydrogen (secondary N) is 1. The minimum absolute atomic E-state index is 0.0429. The molecule has 0 saturated heterocycles. The Morgan fingerprint density at radius 3 is 2.78 bits per heavy atom. The fourth-order valence-electron chi connectivity index (χ4n) is 1.35. The summed E-state index contributed by atoms with van der Waals surface area (Å²) in [5.74, 6) is 0.585. The predicted octanol–water partition coefficient (Wildman–Crippen LogP) is 1.98. The van der Waals surface area contributed by atoms with Crippen LogP contribution in [0.5, 0.6) is 5.75 Å². The predicted molar refractivity (Wildman–Crippen MR) is 74.2 cm³/mol. The first kappa shape index (κ1) is 15.0. The van der Waals surface area contributed by atoms with Crippen molar-refractivity contribution in [3.8, 4) is 5.75 Å². The molecule has 5 heteroatoms. The van der Waals surface area contributed by atoms with Crippen molar-refractivity contribution >= 4 is 21.8 Å². The van der Waals surface area contributed by atoms with Crippen LogP contribution in [0.15, 0.2) is 30.3 Å². The quantitative estimate of drug-likeness (QED) is 0.746. The van der Waals surface area contributed by atoms with Gasteiger partial charge in [-0.2, -0.15) is 0 Å². The normalized spacial score (nSPS) is 11.9. The number of halogens is 1. The topological polar surface area (TPSA) is 47.6 Å². The number of methoxy groups -OCH3 is 1. The van der Waals surface area contributed by atoms with Crippen LogP contribution in [0.1, 0.15) is 6.42 Å². The van der Waals surface area contributed by atoms with E-state index in [1.807, 2.05) is 30.3 Å². The van der Waals surface area contributed by atoms with Crippen LogP contribution in [0.3, 0.4) is 0 Å². The highest BCUT2D eigenvalue weighted by Crippen LogP contribution is 2.07. The van der Waals surface area contributed by atoms with Crippen LogP contribution in [-0.2, 0) is 9.53 Å². The number of amides is 1. The maximum Gasteiger partial charge on any atom is 0.257 e. The number of carbonyl (C=O) groups is 1. The first-order chi connectivity index (χ1) is 8.72. The van der Waals surface area contributed by atoms with E-state index in [0.29, 0.717) is 18.9 Å². The second-order valence-electron chi connectivity index (χ2n) is 3.79. The molecule has 100 valence electrons. The molecule has 0 saturated carbocycles. The zero-order chi connectivity index (χ0) is 13.2. The van der Waals surface area contributed by atoms with E-state index in [4.69, 9.17) is 9.47 Å². The summed E-state index contributed by atoms with van der Waals surface area (Å²) in [5.41, 5.74) is 0. The molecule has 1 amide bonds. The molecule has 0 fully saturated rings. The number of hydrogen-bond acceptors (Lipinski definition) is 3. The molecule has 1 rings (SSSR count). The summed E-state index contributed by atoms with van der Waals surface area (Å²) in [6.45, 7) is 1.29.